The zero-order valence-corrected chi connectivity index (χ0v) is 12.8. The smallest absolute Gasteiger partial charge is 0.291 e. The van der Waals surface area contributed by atoms with Gasteiger partial charge in [0.1, 0.15) is 35.6 Å². The van der Waals surface area contributed by atoms with Crippen LogP contribution in [0.25, 0.3) is 0 Å². The summed E-state index contributed by atoms with van der Waals surface area (Å²) in [4.78, 5) is 12.0. The number of rotatable bonds is 5. The van der Waals surface area contributed by atoms with Crippen molar-refractivity contribution in [2.45, 2.75) is 6.61 Å². The number of hydrogen-bond donors (Lipinski definition) is 1. The first-order valence-electron chi connectivity index (χ1n) is 7.25. The monoisotopic (exact) mass is 347 g/mol. The van der Waals surface area contributed by atoms with Crippen LogP contribution in [0.3, 0.4) is 0 Å². The number of nitrogens with one attached hydrogen (secondary N) is 1. The van der Waals surface area contributed by atoms with Gasteiger partial charge in [0, 0.05) is 6.07 Å². The van der Waals surface area contributed by atoms with Crippen molar-refractivity contribution in [2.75, 3.05) is 5.32 Å². The van der Waals surface area contributed by atoms with E-state index in [1.807, 2.05) is 0 Å². The maximum Gasteiger partial charge on any atom is 0.291 e. The molecule has 1 aromatic heterocycles. The number of carbonyl (C=O) groups is 1. The predicted molar refractivity (Wildman–Crippen MR) is 83.8 cm³/mol. The Morgan fingerprint density at radius 2 is 1.68 bits per heavy atom. The lowest BCUT2D eigenvalue weighted by molar-refractivity contribution is 0.0992. The molecule has 1 amide bonds. The standard InChI is InChI=1S/C18H12F3NO3/c19-11-1-4-13(5-2-11)24-10-14-6-8-17(25-14)18(23)22-16-9-12(20)3-7-15(16)21/h1-9H,10H2,(H,22,23). The highest BCUT2D eigenvalue weighted by Crippen LogP contribution is 2.18. The molecule has 25 heavy (non-hydrogen) atoms. The quantitative estimate of drug-likeness (QED) is 0.738. The fraction of sp³-hybridized carbons (Fsp3) is 0.0556. The fourth-order valence-electron chi connectivity index (χ4n) is 2.04. The molecule has 3 aromatic rings. The lowest BCUT2D eigenvalue weighted by Crippen LogP contribution is -2.12. The van der Waals surface area contributed by atoms with Gasteiger partial charge in [0.2, 0.25) is 0 Å². The summed E-state index contributed by atoms with van der Waals surface area (Å²) in [6, 6.07) is 11.0. The maximum absolute atomic E-state index is 13.5. The summed E-state index contributed by atoms with van der Waals surface area (Å²) in [6.45, 7) is 0.0211. The molecule has 0 aliphatic rings. The molecule has 0 fully saturated rings. The third-order valence-corrected chi connectivity index (χ3v) is 3.26. The highest BCUT2D eigenvalue weighted by molar-refractivity contribution is 6.02. The van der Waals surface area contributed by atoms with Crippen LogP contribution in [0.1, 0.15) is 16.3 Å². The highest BCUT2D eigenvalue weighted by Gasteiger charge is 2.14. The molecule has 0 bridgehead atoms. The summed E-state index contributed by atoms with van der Waals surface area (Å²) >= 11 is 0. The van der Waals surface area contributed by atoms with Crippen molar-refractivity contribution in [1.82, 2.24) is 0 Å². The summed E-state index contributed by atoms with van der Waals surface area (Å²) in [5.41, 5.74) is -0.287. The van der Waals surface area contributed by atoms with Gasteiger partial charge in [0.25, 0.3) is 5.91 Å². The van der Waals surface area contributed by atoms with Crippen LogP contribution in [0.4, 0.5) is 18.9 Å². The Balaban J connectivity index is 1.63. The Kier molecular flexibility index (Phi) is 4.74. The molecule has 1 heterocycles. The van der Waals surface area contributed by atoms with E-state index in [-0.39, 0.29) is 23.9 Å². The summed E-state index contributed by atoms with van der Waals surface area (Å²) in [5, 5.41) is 2.23. The molecule has 0 unspecified atom stereocenters. The van der Waals surface area contributed by atoms with Crippen LogP contribution in [0.5, 0.6) is 5.75 Å². The number of benzene rings is 2. The molecular formula is C18H12F3NO3. The molecule has 1 N–H and O–H groups in total. The molecule has 0 saturated heterocycles. The van der Waals surface area contributed by atoms with Gasteiger partial charge in [-0.25, -0.2) is 13.2 Å². The maximum atomic E-state index is 13.5. The van der Waals surface area contributed by atoms with Gasteiger partial charge in [-0.1, -0.05) is 0 Å². The third kappa shape index (κ3) is 4.20. The number of amides is 1. The molecule has 0 spiro atoms. The molecule has 0 saturated carbocycles. The molecule has 4 nitrogen and oxygen atoms in total. The molecule has 0 atom stereocenters. The average Bonchev–Trinajstić information content (AvgIpc) is 3.07. The van der Waals surface area contributed by atoms with Crippen molar-refractivity contribution in [2.24, 2.45) is 0 Å². The van der Waals surface area contributed by atoms with Crippen LogP contribution in [-0.2, 0) is 6.61 Å². The van der Waals surface area contributed by atoms with Crippen LogP contribution in [-0.4, -0.2) is 5.91 Å². The number of halogens is 3. The summed E-state index contributed by atoms with van der Waals surface area (Å²) in [5.74, 6) is -1.85. The summed E-state index contributed by atoms with van der Waals surface area (Å²) < 4.78 is 50.1. The predicted octanol–water partition coefficient (Wildman–Crippen LogP) is 4.53. The molecule has 0 aliphatic carbocycles. The van der Waals surface area contributed by atoms with Gasteiger partial charge in [-0.3, -0.25) is 4.79 Å². The molecule has 7 heteroatoms. The van der Waals surface area contributed by atoms with Gasteiger partial charge in [0.05, 0.1) is 5.69 Å². The van der Waals surface area contributed by atoms with E-state index in [4.69, 9.17) is 9.15 Å². The van der Waals surface area contributed by atoms with Crippen molar-refractivity contribution < 1.29 is 27.1 Å². The molecule has 3 rings (SSSR count). The van der Waals surface area contributed by atoms with Crippen LogP contribution in [0.15, 0.2) is 59.0 Å². The lowest BCUT2D eigenvalue weighted by Gasteiger charge is -2.05. The number of carbonyl (C=O) groups excluding carboxylic acids is 1. The number of hydrogen-bond acceptors (Lipinski definition) is 3. The van der Waals surface area contributed by atoms with Crippen LogP contribution in [0.2, 0.25) is 0 Å². The Hall–Kier alpha value is -3.22. The molecule has 0 aliphatic heterocycles. The van der Waals surface area contributed by atoms with Gasteiger partial charge < -0.3 is 14.5 Å². The molecule has 0 radical (unpaired) electrons. The summed E-state index contributed by atoms with van der Waals surface area (Å²) in [6.07, 6.45) is 0. The van der Waals surface area contributed by atoms with Gasteiger partial charge >= 0.3 is 0 Å². The van der Waals surface area contributed by atoms with Crippen molar-refractivity contribution in [3.63, 3.8) is 0 Å². The van der Waals surface area contributed by atoms with E-state index in [1.165, 1.54) is 36.4 Å². The number of anilines is 1. The number of furan rings is 1. The van der Waals surface area contributed by atoms with Gasteiger partial charge in [-0.2, -0.15) is 0 Å². The lowest BCUT2D eigenvalue weighted by atomic mass is 10.3. The van der Waals surface area contributed by atoms with Crippen LogP contribution in [0, 0.1) is 17.5 Å². The second-order valence-electron chi connectivity index (χ2n) is 5.09. The Morgan fingerprint density at radius 1 is 0.960 bits per heavy atom. The zero-order chi connectivity index (χ0) is 17.8. The zero-order valence-electron chi connectivity index (χ0n) is 12.8. The first kappa shape index (κ1) is 16.6. The SMILES string of the molecule is O=C(Nc1cc(F)ccc1F)c1ccc(COc2ccc(F)cc2)o1. The van der Waals surface area contributed by atoms with E-state index in [1.54, 1.807) is 0 Å². The first-order chi connectivity index (χ1) is 12.0. The minimum absolute atomic E-state index is 0.0211. The van der Waals surface area contributed by atoms with E-state index in [0.717, 1.165) is 18.2 Å². The summed E-state index contributed by atoms with van der Waals surface area (Å²) in [7, 11) is 0. The van der Waals surface area contributed by atoms with Crippen molar-refractivity contribution >= 4 is 11.6 Å². The third-order valence-electron chi connectivity index (χ3n) is 3.26. The second-order valence-corrected chi connectivity index (χ2v) is 5.09. The minimum atomic E-state index is -0.763. The fourth-order valence-corrected chi connectivity index (χ4v) is 2.04. The van der Waals surface area contributed by atoms with Crippen molar-refractivity contribution in [1.29, 1.82) is 0 Å². The molecular weight excluding hydrogens is 335 g/mol. The largest absolute Gasteiger partial charge is 0.486 e. The molecule has 2 aromatic carbocycles. The normalized spacial score (nSPS) is 10.5. The van der Waals surface area contributed by atoms with E-state index in [9.17, 15) is 18.0 Å². The average molecular weight is 347 g/mol. The van der Waals surface area contributed by atoms with Gasteiger partial charge in [-0.05, 0) is 48.5 Å². The van der Waals surface area contributed by atoms with Crippen LogP contribution >= 0.6 is 0 Å². The minimum Gasteiger partial charge on any atom is -0.486 e. The second kappa shape index (κ2) is 7.12. The topological polar surface area (TPSA) is 51.5 Å². The Labute approximate surface area is 140 Å². The van der Waals surface area contributed by atoms with Crippen LogP contribution < -0.4 is 10.1 Å². The highest BCUT2D eigenvalue weighted by atomic mass is 19.1. The first-order valence-corrected chi connectivity index (χ1v) is 7.25. The van der Waals surface area contributed by atoms with Crippen molar-refractivity contribution in [3.8, 4) is 5.75 Å². The van der Waals surface area contributed by atoms with E-state index < -0.39 is 17.5 Å². The van der Waals surface area contributed by atoms with Gasteiger partial charge in [-0.15, -0.1) is 0 Å². The Bertz CT molecular complexity index is 891. The van der Waals surface area contributed by atoms with E-state index >= 15 is 0 Å². The van der Waals surface area contributed by atoms with Crippen molar-refractivity contribution in [3.05, 3.63) is 83.6 Å². The molecule has 128 valence electrons. The van der Waals surface area contributed by atoms with Gasteiger partial charge in [0.15, 0.2) is 5.76 Å². The Morgan fingerprint density at radius 3 is 2.44 bits per heavy atom. The number of ether oxygens (including phenoxy) is 1. The van der Waals surface area contributed by atoms with E-state index in [2.05, 4.69) is 5.32 Å². The van der Waals surface area contributed by atoms with E-state index in [0.29, 0.717) is 11.5 Å².